The van der Waals surface area contributed by atoms with Crippen molar-refractivity contribution in [2.45, 2.75) is 18.9 Å². The summed E-state index contributed by atoms with van der Waals surface area (Å²) < 4.78 is 17.0. The predicted octanol–water partition coefficient (Wildman–Crippen LogP) is 2.41. The van der Waals surface area contributed by atoms with Crippen LogP contribution < -0.4 is 9.64 Å². The van der Waals surface area contributed by atoms with Crippen LogP contribution in [-0.4, -0.2) is 65.8 Å². The number of morpholine rings is 1. The lowest BCUT2D eigenvalue weighted by Gasteiger charge is -2.27. The Morgan fingerprint density at radius 3 is 2.68 bits per heavy atom. The highest BCUT2D eigenvalue weighted by Crippen LogP contribution is 2.30. The molecule has 0 unspecified atom stereocenters. The van der Waals surface area contributed by atoms with Crippen LogP contribution in [0.4, 0.5) is 5.82 Å². The third kappa shape index (κ3) is 3.53. The smallest absolute Gasteiger partial charge is 0.132 e. The van der Waals surface area contributed by atoms with E-state index in [4.69, 9.17) is 14.2 Å². The van der Waals surface area contributed by atoms with Crippen molar-refractivity contribution < 1.29 is 14.2 Å². The fourth-order valence-corrected chi connectivity index (χ4v) is 3.69. The van der Waals surface area contributed by atoms with Gasteiger partial charge in [0.15, 0.2) is 0 Å². The van der Waals surface area contributed by atoms with Gasteiger partial charge in [0.05, 0.1) is 37.6 Å². The highest BCUT2D eigenvalue weighted by Gasteiger charge is 2.18. The second kappa shape index (κ2) is 7.73. The average Bonchev–Trinajstić information content (AvgIpc) is 3.18. The summed E-state index contributed by atoms with van der Waals surface area (Å²) in [6, 6.07) is 8.02. The Bertz CT molecular complexity index is 948. The molecular formula is C20H23N5O3. The van der Waals surface area contributed by atoms with E-state index >= 15 is 0 Å². The highest BCUT2D eigenvalue weighted by molar-refractivity contribution is 5.93. The van der Waals surface area contributed by atoms with Gasteiger partial charge in [-0.1, -0.05) is 0 Å². The fraction of sp³-hybridized carbons (Fsp3) is 0.450. The molecule has 2 aliphatic heterocycles. The van der Waals surface area contributed by atoms with Gasteiger partial charge in [-0.25, -0.2) is 9.97 Å². The number of aromatic nitrogens is 4. The molecule has 0 spiro atoms. The van der Waals surface area contributed by atoms with Crippen molar-refractivity contribution in [3.8, 4) is 17.1 Å². The first-order valence-electron chi connectivity index (χ1n) is 9.74. The van der Waals surface area contributed by atoms with Crippen LogP contribution in [-0.2, 0) is 9.47 Å². The number of nitrogens with one attached hydrogen (secondary N) is 1. The maximum atomic E-state index is 6.17. The lowest BCUT2D eigenvalue weighted by Crippen LogP contribution is -2.36. The van der Waals surface area contributed by atoms with E-state index in [1.165, 1.54) is 0 Å². The number of hydrogen-bond donors (Lipinski definition) is 1. The molecule has 3 aromatic rings. The minimum Gasteiger partial charge on any atom is -0.490 e. The van der Waals surface area contributed by atoms with E-state index in [1.807, 2.05) is 24.3 Å². The lowest BCUT2D eigenvalue weighted by atomic mass is 10.1. The summed E-state index contributed by atoms with van der Waals surface area (Å²) >= 11 is 0. The second-order valence-electron chi connectivity index (χ2n) is 7.07. The summed E-state index contributed by atoms with van der Waals surface area (Å²) in [5, 5.41) is 8.60. The van der Waals surface area contributed by atoms with Crippen LogP contribution in [0.5, 0.6) is 5.75 Å². The summed E-state index contributed by atoms with van der Waals surface area (Å²) in [6.45, 7) is 4.63. The summed E-state index contributed by atoms with van der Waals surface area (Å²) in [6.07, 6.45) is 3.65. The minimum absolute atomic E-state index is 0.202. The molecule has 0 radical (unpaired) electrons. The van der Waals surface area contributed by atoms with Gasteiger partial charge in [-0.05, 0) is 18.2 Å². The Hall–Kier alpha value is -2.71. The molecule has 0 atom stereocenters. The van der Waals surface area contributed by atoms with E-state index in [9.17, 15) is 0 Å². The molecule has 0 bridgehead atoms. The van der Waals surface area contributed by atoms with Crippen molar-refractivity contribution >= 4 is 16.7 Å². The second-order valence-corrected chi connectivity index (χ2v) is 7.07. The van der Waals surface area contributed by atoms with E-state index in [1.54, 1.807) is 6.33 Å². The van der Waals surface area contributed by atoms with E-state index in [0.29, 0.717) is 0 Å². The topological polar surface area (TPSA) is 85.4 Å². The van der Waals surface area contributed by atoms with Crippen LogP contribution in [0.2, 0.25) is 0 Å². The first-order valence-corrected chi connectivity index (χ1v) is 9.74. The number of aromatic amines is 1. The van der Waals surface area contributed by atoms with Crippen LogP contribution in [0.15, 0.2) is 30.6 Å². The molecule has 5 rings (SSSR count). The molecule has 8 nitrogen and oxygen atoms in total. The van der Waals surface area contributed by atoms with E-state index < -0.39 is 0 Å². The molecule has 0 saturated carbocycles. The van der Waals surface area contributed by atoms with Crippen LogP contribution in [0.25, 0.3) is 22.3 Å². The Balaban J connectivity index is 1.44. The third-order valence-corrected chi connectivity index (χ3v) is 5.24. The van der Waals surface area contributed by atoms with Crippen LogP contribution in [0.1, 0.15) is 12.8 Å². The molecule has 2 saturated heterocycles. The van der Waals surface area contributed by atoms with Gasteiger partial charge in [-0.15, -0.1) is 0 Å². The van der Waals surface area contributed by atoms with Gasteiger partial charge in [-0.3, -0.25) is 5.10 Å². The van der Waals surface area contributed by atoms with Crippen molar-refractivity contribution in [3.05, 3.63) is 30.6 Å². The number of hydrogen-bond acceptors (Lipinski definition) is 7. The quantitative estimate of drug-likeness (QED) is 0.743. The van der Waals surface area contributed by atoms with Gasteiger partial charge < -0.3 is 19.1 Å². The van der Waals surface area contributed by atoms with Crippen molar-refractivity contribution in [3.63, 3.8) is 0 Å². The molecule has 8 heteroatoms. The molecule has 28 heavy (non-hydrogen) atoms. The van der Waals surface area contributed by atoms with E-state index in [2.05, 4.69) is 25.1 Å². The molecule has 146 valence electrons. The number of ether oxygens (including phenoxy) is 3. The van der Waals surface area contributed by atoms with Gasteiger partial charge in [0.1, 0.15) is 29.7 Å². The first-order chi connectivity index (χ1) is 13.9. The monoisotopic (exact) mass is 381 g/mol. The molecule has 0 amide bonds. The average molecular weight is 381 g/mol. The Kier molecular flexibility index (Phi) is 4.80. The largest absolute Gasteiger partial charge is 0.490 e. The maximum absolute atomic E-state index is 6.17. The van der Waals surface area contributed by atoms with Crippen molar-refractivity contribution in [1.29, 1.82) is 0 Å². The van der Waals surface area contributed by atoms with Crippen molar-refractivity contribution in [2.75, 3.05) is 44.4 Å². The molecule has 1 aromatic carbocycles. The SMILES string of the molecule is c1nc(-c2n[nH]c3ccc(OC4CCOCC4)cc23)cc(N2CCOCC2)n1. The molecule has 4 heterocycles. The molecule has 0 aliphatic carbocycles. The van der Waals surface area contributed by atoms with Gasteiger partial charge >= 0.3 is 0 Å². The van der Waals surface area contributed by atoms with Crippen LogP contribution in [0, 0.1) is 0 Å². The Morgan fingerprint density at radius 2 is 1.82 bits per heavy atom. The van der Waals surface area contributed by atoms with Gasteiger partial charge in [0.2, 0.25) is 0 Å². The third-order valence-electron chi connectivity index (χ3n) is 5.24. The van der Waals surface area contributed by atoms with Gasteiger partial charge in [0.25, 0.3) is 0 Å². The number of H-pyrrole nitrogens is 1. The van der Waals surface area contributed by atoms with Gasteiger partial charge in [0, 0.05) is 37.4 Å². The van der Waals surface area contributed by atoms with E-state index in [-0.39, 0.29) is 6.10 Å². The highest BCUT2D eigenvalue weighted by atomic mass is 16.5. The van der Waals surface area contributed by atoms with Crippen LogP contribution >= 0.6 is 0 Å². The number of nitrogens with zero attached hydrogens (tertiary/aromatic N) is 4. The number of rotatable bonds is 4. The minimum atomic E-state index is 0.202. The Morgan fingerprint density at radius 1 is 1.00 bits per heavy atom. The van der Waals surface area contributed by atoms with Crippen LogP contribution in [0.3, 0.4) is 0 Å². The fourth-order valence-electron chi connectivity index (χ4n) is 3.69. The zero-order valence-electron chi connectivity index (χ0n) is 15.6. The summed E-state index contributed by atoms with van der Waals surface area (Å²) in [5.74, 6) is 1.75. The molecular weight excluding hydrogens is 358 g/mol. The molecule has 1 N–H and O–H groups in total. The maximum Gasteiger partial charge on any atom is 0.132 e. The van der Waals surface area contributed by atoms with Crippen molar-refractivity contribution in [2.24, 2.45) is 0 Å². The van der Waals surface area contributed by atoms with Crippen molar-refractivity contribution in [1.82, 2.24) is 20.2 Å². The van der Waals surface area contributed by atoms with E-state index in [0.717, 1.165) is 86.2 Å². The Labute approximate surface area is 162 Å². The molecule has 2 aliphatic rings. The summed E-state index contributed by atoms with van der Waals surface area (Å²) in [7, 11) is 0. The number of anilines is 1. The number of fused-ring (bicyclic) bond motifs is 1. The molecule has 2 aromatic heterocycles. The lowest BCUT2D eigenvalue weighted by molar-refractivity contribution is 0.0256. The standard InChI is InChI=1S/C20H23N5O3/c1-2-17-16(11-15(1)28-14-3-7-26-8-4-14)20(24-23-17)18-12-19(22-13-21-18)25-5-9-27-10-6-25/h1-2,11-14H,3-10H2,(H,23,24). The number of benzene rings is 1. The summed E-state index contributed by atoms with van der Waals surface area (Å²) in [4.78, 5) is 11.1. The normalized spacial score (nSPS) is 18.5. The zero-order chi connectivity index (χ0) is 18.8. The first kappa shape index (κ1) is 17.4. The predicted molar refractivity (Wildman–Crippen MR) is 105 cm³/mol. The molecule has 2 fully saturated rings. The van der Waals surface area contributed by atoms with Gasteiger partial charge in [-0.2, -0.15) is 5.10 Å². The zero-order valence-corrected chi connectivity index (χ0v) is 15.6. The summed E-state index contributed by atoms with van der Waals surface area (Å²) in [5.41, 5.74) is 2.57.